The Morgan fingerprint density at radius 3 is 2.92 bits per heavy atom. The number of fused-ring (bicyclic) bond motifs is 1. The number of methoxy groups -OCH3 is 1. The van der Waals surface area contributed by atoms with Gasteiger partial charge in [-0.25, -0.2) is 0 Å². The molecule has 2 N–H and O–H groups in total. The van der Waals surface area contributed by atoms with Crippen molar-refractivity contribution in [2.45, 2.75) is 12.3 Å². The zero-order valence-corrected chi connectivity index (χ0v) is 16.0. The highest BCUT2D eigenvalue weighted by molar-refractivity contribution is 7.21. The van der Waals surface area contributed by atoms with Crippen molar-refractivity contribution in [1.29, 1.82) is 0 Å². The lowest BCUT2D eigenvalue weighted by Gasteiger charge is -2.16. The smallest absolute Gasteiger partial charge is 0.261 e. The summed E-state index contributed by atoms with van der Waals surface area (Å²) in [4.78, 5) is 27.4. The number of nitrogens with zero attached hydrogens (tertiary/aromatic N) is 1. The van der Waals surface area contributed by atoms with E-state index in [-0.39, 0.29) is 17.7 Å². The van der Waals surface area contributed by atoms with Crippen molar-refractivity contribution in [3.05, 3.63) is 34.7 Å². The predicted octanol–water partition coefficient (Wildman–Crippen LogP) is 1.81. The number of rotatable bonds is 7. The number of benzene rings is 1. The molecule has 1 aromatic carbocycles. The van der Waals surface area contributed by atoms with Crippen LogP contribution in [0.1, 0.15) is 27.6 Å². The Kier molecular flexibility index (Phi) is 6.24. The van der Waals surface area contributed by atoms with Gasteiger partial charge in [-0.15, -0.1) is 11.3 Å². The van der Waals surface area contributed by atoms with E-state index in [0.717, 1.165) is 40.0 Å². The number of hydrogen-bond donors (Lipinski definition) is 2. The molecule has 1 aliphatic heterocycles. The molecule has 1 atom stereocenters. The van der Waals surface area contributed by atoms with Gasteiger partial charge in [0.15, 0.2) is 0 Å². The molecule has 2 amide bonds. The predicted molar refractivity (Wildman–Crippen MR) is 104 cm³/mol. The fraction of sp³-hybridized carbons (Fsp3) is 0.474. The van der Waals surface area contributed by atoms with Gasteiger partial charge in [0.2, 0.25) is 5.91 Å². The van der Waals surface area contributed by atoms with E-state index in [0.29, 0.717) is 19.7 Å². The summed E-state index contributed by atoms with van der Waals surface area (Å²) in [6.07, 6.45) is 0.954. The van der Waals surface area contributed by atoms with Crippen LogP contribution in [0.15, 0.2) is 24.3 Å². The topological polar surface area (TPSA) is 70.7 Å². The maximum atomic E-state index is 12.4. The molecule has 7 heteroatoms. The third kappa shape index (κ3) is 4.06. The number of ether oxygens (including phenoxy) is 1. The zero-order valence-electron chi connectivity index (χ0n) is 15.2. The minimum absolute atomic E-state index is 0.0180. The molecule has 0 saturated carbocycles. The SMILES string of the molecule is CNC(=O)c1sc2ccccc2c1[C@@H]1CCN(CC(=O)NCCOC)C1. The van der Waals surface area contributed by atoms with Crippen molar-refractivity contribution in [1.82, 2.24) is 15.5 Å². The minimum Gasteiger partial charge on any atom is -0.383 e. The van der Waals surface area contributed by atoms with E-state index >= 15 is 0 Å². The molecule has 0 unspecified atom stereocenters. The number of carbonyl (C=O) groups is 2. The van der Waals surface area contributed by atoms with Crippen LogP contribution in [-0.4, -0.2) is 63.7 Å². The van der Waals surface area contributed by atoms with Crippen LogP contribution < -0.4 is 10.6 Å². The molecule has 140 valence electrons. The Morgan fingerprint density at radius 1 is 1.35 bits per heavy atom. The van der Waals surface area contributed by atoms with E-state index in [4.69, 9.17) is 4.74 Å². The first-order valence-electron chi connectivity index (χ1n) is 8.85. The van der Waals surface area contributed by atoms with Crippen LogP contribution in [0.3, 0.4) is 0 Å². The quantitative estimate of drug-likeness (QED) is 0.724. The van der Waals surface area contributed by atoms with Gasteiger partial charge in [-0.05, 0) is 30.0 Å². The fourth-order valence-electron chi connectivity index (χ4n) is 3.52. The van der Waals surface area contributed by atoms with Gasteiger partial charge in [0, 0.05) is 37.9 Å². The number of amides is 2. The van der Waals surface area contributed by atoms with Crippen molar-refractivity contribution in [2.75, 3.05) is 46.9 Å². The molecular formula is C19H25N3O3S. The van der Waals surface area contributed by atoms with E-state index in [1.807, 2.05) is 12.1 Å². The second-order valence-electron chi connectivity index (χ2n) is 6.48. The molecule has 2 heterocycles. The number of carbonyl (C=O) groups excluding carboxylic acids is 2. The van der Waals surface area contributed by atoms with E-state index < -0.39 is 0 Å². The average Bonchev–Trinajstić information content (AvgIpc) is 3.25. The van der Waals surface area contributed by atoms with Gasteiger partial charge < -0.3 is 15.4 Å². The number of thiophene rings is 1. The first-order valence-corrected chi connectivity index (χ1v) is 9.67. The van der Waals surface area contributed by atoms with Crippen molar-refractivity contribution in [3.63, 3.8) is 0 Å². The summed E-state index contributed by atoms with van der Waals surface area (Å²) in [7, 11) is 3.29. The van der Waals surface area contributed by atoms with Gasteiger partial charge in [-0.3, -0.25) is 14.5 Å². The Balaban J connectivity index is 1.74. The number of likely N-dealkylation sites (tertiary alicyclic amines) is 1. The molecule has 0 aliphatic carbocycles. The summed E-state index contributed by atoms with van der Waals surface area (Å²) < 4.78 is 6.09. The number of nitrogens with one attached hydrogen (secondary N) is 2. The third-order valence-electron chi connectivity index (χ3n) is 4.74. The second-order valence-corrected chi connectivity index (χ2v) is 7.54. The van der Waals surface area contributed by atoms with Crippen LogP contribution >= 0.6 is 11.3 Å². The van der Waals surface area contributed by atoms with Crippen molar-refractivity contribution in [3.8, 4) is 0 Å². The summed E-state index contributed by atoms with van der Waals surface area (Å²) in [5.41, 5.74) is 1.13. The molecule has 0 bridgehead atoms. The molecule has 1 fully saturated rings. The summed E-state index contributed by atoms with van der Waals surface area (Å²) in [6, 6.07) is 8.17. The van der Waals surface area contributed by atoms with Gasteiger partial charge in [-0.2, -0.15) is 0 Å². The van der Waals surface area contributed by atoms with Crippen LogP contribution in [0.4, 0.5) is 0 Å². The highest BCUT2D eigenvalue weighted by Gasteiger charge is 2.31. The second kappa shape index (κ2) is 8.62. The Labute approximate surface area is 157 Å². The van der Waals surface area contributed by atoms with Gasteiger partial charge in [0.05, 0.1) is 18.0 Å². The normalized spacial score (nSPS) is 17.5. The molecular weight excluding hydrogens is 350 g/mol. The fourth-order valence-corrected chi connectivity index (χ4v) is 4.75. The first-order chi connectivity index (χ1) is 12.6. The van der Waals surface area contributed by atoms with Crippen molar-refractivity contribution >= 4 is 33.2 Å². The van der Waals surface area contributed by atoms with Gasteiger partial charge >= 0.3 is 0 Å². The molecule has 0 radical (unpaired) electrons. The molecule has 1 aromatic heterocycles. The molecule has 6 nitrogen and oxygen atoms in total. The summed E-state index contributed by atoms with van der Waals surface area (Å²) in [5.74, 6) is 0.256. The van der Waals surface area contributed by atoms with E-state index in [2.05, 4.69) is 27.7 Å². The zero-order chi connectivity index (χ0) is 18.5. The van der Waals surface area contributed by atoms with Gasteiger partial charge in [0.25, 0.3) is 5.91 Å². The molecule has 3 rings (SSSR count). The van der Waals surface area contributed by atoms with Crippen LogP contribution in [0, 0.1) is 0 Å². The standard InChI is InChI=1S/C19H25N3O3S/c1-20-19(24)18-17(14-5-3-4-6-15(14)26-18)13-7-9-22(11-13)12-16(23)21-8-10-25-2/h3-6,13H,7-12H2,1-2H3,(H,20,24)(H,21,23)/t13-/m1/s1. The van der Waals surface area contributed by atoms with E-state index in [1.54, 1.807) is 25.5 Å². The Hall–Kier alpha value is -1.96. The lowest BCUT2D eigenvalue weighted by atomic mass is 9.95. The molecule has 1 aliphatic rings. The van der Waals surface area contributed by atoms with Gasteiger partial charge in [0.1, 0.15) is 0 Å². The number of hydrogen-bond acceptors (Lipinski definition) is 5. The first kappa shape index (κ1) is 18.8. The third-order valence-corrected chi connectivity index (χ3v) is 5.93. The highest BCUT2D eigenvalue weighted by atomic mass is 32.1. The molecule has 26 heavy (non-hydrogen) atoms. The average molecular weight is 375 g/mol. The Morgan fingerprint density at radius 2 is 2.15 bits per heavy atom. The molecule has 0 spiro atoms. The van der Waals surface area contributed by atoms with Crippen LogP contribution in [-0.2, 0) is 9.53 Å². The summed E-state index contributed by atoms with van der Waals surface area (Å²) >= 11 is 1.55. The lowest BCUT2D eigenvalue weighted by Crippen LogP contribution is -2.37. The highest BCUT2D eigenvalue weighted by Crippen LogP contribution is 2.39. The Bertz CT molecular complexity index is 789. The summed E-state index contributed by atoms with van der Waals surface area (Å²) in [6.45, 7) is 3.09. The van der Waals surface area contributed by atoms with Crippen LogP contribution in [0.5, 0.6) is 0 Å². The largest absolute Gasteiger partial charge is 0.383 e. The van der Waals surface area contributed by atoms with Crippen LogP contribution in [0.25, 0.3) is 10.1 Å². The van der Waals surface area contributed by atoms with Crippen molar-refractivity contribution in [2.24, 2.45) is 0 Å². The van der Waals surface area contributed by atoms with Gasteiger partial charge in [-0.1, -0.05) is 18.2 Å². The molecule has 1 saturated heterocycles. The van der Waals surface area contributed by atoms with Crippen molar-refractivity contribution < 1.29 is 14.3 Å². The van der Waals surface area contributed by atoms with Crippen LogP contribution in [0.2, 0.25) is 0 Å². The van der Waals surface area contributed by atoms with E-state index in [9.17, 15) is 9.59 Å². The maximum Gasteiger partial charge on any atom is 0.261 e. The minimum atomic E-state index is -0.0306. The summed E-state index contributed by atoms with van der Waals surface area (Å²) in [5, 5.41) is 6.78. The van der Waals surface area contributed by atoms with E-state index in [1.165, 1.54) is 0 Å². The maximum absolute atomic E-state index is 12.4. The molecule has 2 aromatic rings. The lowest BCUT2D eigenvalue weighted by molar-refractivity contribution is -0.122. The monoisotopic (exact) mass is 375 g/mol.